The van der Waals surface area contributed by atoms with E-state index < -0.39 is 69.6 Å². The van der Waals surface area contributed by atoms with E-state index in [-0.39, 0.29) is 29.5 Å². The maximum Gasteiger partial charge on any atom is 0.258 e. The minimum absolute atomic E-state index is 0.0173. The number of carbonyl (C=O) groups excluding carboxylic acids is 3. The number of phenols is 1. The van der Waals surface area contributed by atoms with Crippen LogP contribution in [0.5, 0.6) is 5.75 Å². The summed E-state index contributed by atoms with van der Waals surface area (Å²) in [6.07, 6.45) is -0.121. The minimum atomic E-state index is -2.66. The van der Waals surface area contributed by atoms with Crippen molar-refractivity contribution in [3.8, 4) is 5.75 Å². The Morgan fingerprint density at radius 3 is 2.47 bits per heavy atom. The van der Waals surface area contributed by atoms with Crippen molar-refractivity contribution in [1.29, 1.82) is 0 Å². The molecule has 0 aromatic heterocycles. The number of allylic oxidation sites excluding steroid dienone is 1. The monoisotopic (exact) mass is 446 g/mol. The quantitative estimate of drug-likeness (QED) is 0.413. The van der Waals surface area contributed by atoms with E-state index in [9.17, 15) is 39.2 Å². The number of halogens is 1. The van der Waals surface area contributed by atoms with Gasteiger partial charge in [-0.3, -0.25) is 19.3 Å². The third kappa shape index (κ3) is 2.66. The fraction of sp³-hybridized carbons (Fsp3) is 0.409. The molecule has 0 fully saturated rings. The van der Waals surface area contributed by atoms with Gasteiger partial charge < -0.3 is 25.7 Å². The zero-order chi connectivity index (χ0) is 23.7. The number of likely N-dealkylation sites (N-methyl/N-ethyl adjacent to an activating group) is 2. The first-order valence-corrected chi connectivity index (χ1v) is 10.0. The molecule has 1 aromatic rings. The topological polar surface area (TPSA) is 147 Å². The Balaban J connectivity index is 1.97. The highest BCUT2D eigenvalue weighted by atomic mass is 19.1. The van der Waals surface area contributed by atoms with Crippen LogP contribution in [0.3, 0.4) is 0 Å². The second-order valence-electron chi connectivity index (χ2n) is 8.60. The number of aromatic hydroxyl groups is 1. The highest BCUT2D eigenvalue weighted by Crippen LogP contribution is 2.52. The van der Waals surface area contributed by atoms with Crippen LogP contribution in [-0.2, 0) is 16.0 Å². The van der Waals surface area contributed by atoms with Crippen LogP contribution in [0, 0.1) is 17.7 Å². The number of rotatable bonds is 2. The summed E-state index contributed by atoms with van der Waals surface area (Å²) < 4.78 is 14.5. The molecular formula is C22H23FN2O7. The molecule has 4 atom stereocenters. The number of ketones is 2. The summed E-state index contributed by atoms with van der Waals surface area (Å²) >= 11 is 0. The number of aliphatic hydroxyl groups excluding tert-OH is 2. The predicted octanol–water partition coefficient (Wildman–Crippen LogP) is 0.520. The Labute approximate surface area is 182 Å². The lowest BCUT2D eigenvalue weighted by Gasteiger charge is -2.50. The van der Waals surface area contributed by atoms with Crippen LogP contribution in [-0.4, -0.2) is 75.6 Å². The van der Waals surface area contributed by atoms with Crippen LogP contribution >= 0.6 is 0 Å². The first-order valence-electron chi connectivity index (χ1n) is 10.0. The largest absolute Gasteiger partial charge is 0.510 e. The molecule has 170 valence electrons. The van der Waals surface area contributed by atoms with Crippen LogP contribution in [0.2, 0.25) is 0 Å². The molecule has 0 aliphatic heterocycles. The predicted molar refractivity (Wildman–Crippen MR) is 109 cm³/mol. The number of fused-ring (bicyclic) bond motifs is 3. The Morgan fingerprint density at radius 1 is 1.22 bits per heavy atom. The number of Topliss-reactive ketones (excluding diaryl/α,β-unsaturated/α-hetero) is 2. The molecule has 9 nitrogen and oxygen atoms in total. The van der Waals surface area contributed by atoms with Crippen molar-refractivity contribution in [2.24, 2.45) is 11.8 Å². The van der Waals surface area contributed by atoms with Crippen molar-refractivity contribution in [2.45, 2.75) is 24.5 Å². The number of carbonyl (C=O) groups is 3. The number of amides is 1. The molecule has 3 aliphatic carbocycles. The number of hydrogen-bond acceptors (Lipinski definition) is 8. The minimum Gasteiger partial charge on any atom is -0.510 e. The zero-order valence-corrected chi connectivity index (χ0v) is 17.6. The van der Waals surface area contributed by atoms with Gasteiger partial charge in [0.15, 0.2) is 11.4 Å². The highest BCUT2D eigenvalue weighted by molar-refractivity contribution is 6.25. The molecule has 0 bridgehead atoms. The highest BCUT2D eigenvalue weighted by Gasteiger charge is 2.63. The van der Waals surface area contributed by atoms with Crippen molar-refractivity contribution in [1.82, 2.24) is 10.2 Å². The van der Waals surface area contributed by atoms with Gasteiger partial charge in [0.25, 0.3) is 5.91 Å². The maximum absolute atomic E-state index is 14.5. The maximum atomic E-state index is 14.5. The van der Waals surface area contributed by atoms with Crippen LogP contribution in [0.15, 0.2) is 34.8 Å². The fourth-order valence-corrected chi connectivity index (χ4v) is 5.32. The van der Waals surface area contributed by atoms with Gasteiger partial charge in [-0.05, 0) is 45.0 Å². The SMILES string of the molecule is CNC(=O)C1=C(O)[C@@H](N(C)C)C2CC3Cc4c(F)ccc(O)c4C(=O)C3=C(O)[C@]2(O)C1=O. The van der Waals surface area contributed by atoms with E-state index in [1.54, 1.807) is 14.1 Å². The Hall–Kier alpha value is -3.24. The van der Waals surface area contributed by atoms with E-state index >= 15 is 0 Å². The van der Waals surface area contributed by atoms with Crippen LogP contribution in [0.25, 0.3) is 0 Å². The summed E-state index contributed by atoms with van der Waals surface area (Å²) in [5.74, 6) is -7.66. The smallest absolute Gasteiger partial charge is 0.258 e. The molecule has 1 aromatic carbocycles. The van der Waals surface area contributed by atoms with E-state index in [0.29, 0.717) is 0 Å². The Kier molecular flexibility index (Phi) is 4.90. The molecule has 0 spiro atoms. The number of phenolic OH excluding ortho intramolecular Hbond substituents is 1. The van der Waals surface area contributed by atoms with E-state index in [1.807, 2.05) is 0 Å². The average Bonchev–Trinajstić information content (AvgIpc) is 2.73. The number of aliphatic hydroxyl groups is 3. The van der Waals surface area contributed by atoms with Crippen LogP contribution < -0.4 is 5.32 Å². The standard InChI is InChI=1S/C22H23FN2O7/c1-24-21(31)15-18(28)16(25(2)3)10-7-8-6-9-11(23)4-5-12(26)14(9)17(27)13(8)19(29)22(10,32)20(15)30/h4-5,8,10,16,26,28-29,32H,6-7H2,1-3H3,(H,24,31)/t8?,10?,16-,22-/m0/s1. The molecule has 2 unspecified atom stereocenters. The number of nitrogens with one attached hydrogen (secondary N) is 1. The molecule has 0 radical (unpaired) electrons. The van der Waals surface area contributed by atoms with Gasteiger partial charge in [0.1, 0.15) is 28.7 Å². The van der Waals surface area contributed by atoms with Crippen molar-refractivity contribution >= 4 is 17.5 Å². The summed E-state index contributed by atoms with van der Waals surface area (Å²) in [6.45, 7) is 0. The van der Waals surface area contributed by atoms with Crippen molar-refractivity contribution in [2.75, 3.05) is 21.1 Å². The molecule has 1 amide bonds. The van der Waals surface area contributed by atoms with Gasteiger partial charge in [-0.2, -0.15) is 0 Å². The van der Waals surface area contributed by atoms with Crippen LogP contribution in [0.1, 0.15) is 22.3 Å². The lowest BCUT2D eigenvalue weighted by atomic mass is 9.58. The number of nitrogens with zero attached hydrogens (tertiary/aromatic N) is 1. The summed E-state index contributed by atoms with van der Waals surface area (Å²) in [5, 5.41) is 45.8. The van der Waals surface area contributed by atoms with Crippen LogP contribution in [0.4, 0.5) is 4.39 Å². The Bertz CT molecular complexity index is 1140. The molecule has 0 heterocycles. The lowest BCUT2D eigenvalue weighted by Crippen LogP contribution is -2.64. The molecule has 0 saturated carbocycles. The van der Waals surface area contributed by atoms with Crippen molar-refractivity contribution in [3.63, 3.8) is 0 Å². The van der Waals surface area contributed by atoms with E-state index in [4.69, 9.17) is 0 Å². The fourth-order valence-electron chi connectivity index (χ4n) is 5.32. The summed E-state index contributed by atoms with van der Waals surface area (Å²) in [6, 6.07) is 1.01. The van der Waals surface area contributed by atoms with Gasteiger partial charge in [0.2, 0.25) is 5.78 Å². The summed E-state index contributed by atoms with van der Waals surface area (Å²) in [5.41, 5.74) is -4.03. The van der Waals surface area contributed by atoms with E-state index in [2.05, 4.69) is 5.32 Å². The lowest BCUT2D eigenvalue weighted by molar-refractivity contribution is -0.148. The first-order chi connectivity index (χ1) is 15.0. The van der Waals surface area contributed by atoms with E-state index in [1.165, 1.54) is 11.9 Å². The van der Waals surface area contributed by atoms with E-state index in [0.717, 1.165) is 12.1 Å². The third-order valence-electron chi connectivity index (χ3n) is 6.76. The van der Waals surface area contributed by atoms with Crippen molar-refractivity contribution < 1.29 is 39.2 Å². The normalized spacial score (nSPS) is 29.6. The van der Waals surface area contributed by atoms with Gasteiger partial charge in [0.05, 0.1) is 11.6 Å². The van der Waals surface area contributed by atoms with Gasteiger partial charge in [-0.25, -0.2) is 4.39 Å². The van der Waals surface area contributed by atoms with Gasteiger partial charge >= 0.3 is 0 Å². The number of hydrogen-bond donors (Lipinski definition) is 5. The second kappa shape index (κ2) is 7.14. The molecule has 5 N–H and O–H groups in total. The number of benzene rings is 1. The summed E-state index contributed by atoms with van der Waals surface area (Å²) in [4.78, 5) is 40.3. The molecule has 32 heavy (non-hydrogen) atoms. The molecule has 3 aliphatic rings. The first kappa shape index (κ1) is 22.0. The Morgan fingerprint density at radius 2 is 1.88 bits per heavy atom. The molecule has 10 heteroatoms. The molecule has 0 saturated heterocycles. The third-order valence-corrected chi connectivity index (χ3v) is 6.76. The van der Waals surface area contributed by atoms with Gasteiger partial charge in [-0.15, -0.1) is 0 Å². The average molecular weight is 446 g/mol. The van der Waals surface area contributed by atoms with Crippen molar-refractivity contribution in [3.05, 3.63) is 51.7 Å². The molecular weight excluding hydrogens is 423 g/mol. The molecule has 4 rings (SSSR count). The zero-order valence-electron chi connectivity index (χ0n) is 17.6. The van der Waals surface area contributed by atoms with Gasteiger partial charge in [-0.1, -0.05) is 0 Å². The second-order valence-corrected chi connectivity index (χ2v) is 8.60. The summed E-state index contributed by atoms with van der Waals surface area (Å²) in [7, 11) is 4.37. The van der Waals surface area contributed by atoms with Gasteiger partial charge in [0, 0.05) is 24.1 Å².